The smallest absolute Gasteiger partial charge is 0.238 e. The molecule has 0 fully saturated rings. The number of aromatic nitrogens is 6. The third-order valence-corrected chi connectivity index (χ3v) is 3.77. The highest BCUT2D eigenvalue weighted by atomic mass is 32.2. The van der Waals surface area contributed by atoms with Crippen LogP contribution >= 0.6 is 0 Å². The SMILES string of the molecule is NS(=O)(=O)c1ccc(-c2nnn(Cc3ccncn3)n2)cc1. The standard InChI is InChI=1S/C12H11N7O2S/c13-22(20,21)11-3-1-9(2-4-11)12-16-18-19(17-12)7-10-5-6-14-8-15-10/h1-6,8H,7H2,(H2,13,20,21). The maximum atomic E-state index is 11.2. The first kappa shape index (κ1) is 14.2. The topological polar surface area (TPSA) is 130 Å². The maximum Gasteiger partial charge on any atom is 0.238 e. The first-order valence-corrected chi connectivity index (χ1v) is 7.73. The predicted molar refractivity (Wildman–Crippen MR) is 75.8 cm³/mol. The molecule has 22 heavy (non-hydrogen) atoms. The number of nitrogens with two attached hydrogens (primary N) is 1. The van der Waals surface area contributed by atoms with Crippen LogP contribution in [0.1, 0.15) is 5.69 Å². The van der Waals surface area contributed by atoms with Gasteiger partial charge < -0.3 is 0 Å². The molecule has 112 valence electrons. The fraction of sp³-hybridized carbons (Fsp3) is 0.0833. The largest absolute Gasteiger partial charge is 0.245 e. The number of rotatable bonds is 4. The molecule has 0 aliphatic rings. The summed E-state index contributed by atoms with van der Waals surface area (Å²) in [5.74, 6) is 0.384. The van der Waals surface area contributed by atoms with Gasteiger partial charge in [0.25, 0.3) is 0 Å². The molecule has 3 aromatic rings. The summed E-state index contributed by atoms with van der Waals surface area (Å²) in [6, 6.07) is 7.70. The Balaban J connectivity index is 1.82. The van der Waals surface area contributed by atoms with Gasteiger partial charge in [-0.25, -0.2) is 23.5 Å². The quantitative estimate of drug-likeness (QED) is 0.706. The lowest BCUT2D eigenvalue weighted by Crippen LogP contribution is -2.11. The molecule has 3 rings (SSSR count). The second-order valence-electron chi connectivity index (χ2n) is 4.41. The van der Waals surface area contributed by atoms with Crippen molar-refractivity contribution in [3.8, 4) is 11.4 Å². The number of primary sulfonamides is 1. The van der Waals surface area contributed by atoms with Gasteiger partial charge in [0.05, 0.1) is 10.6 Å². The van der Waals surface area contributed by atoms with E-state index in [2.05, 4.69) is 25.4 Å². The van der Waals surface area contributed by atoms with Gasteiger partial charge in [-0.05, 0) is 35.5 Å². The van der Waals surface area contributed by atoms with Gasteiger partial charge in [0, 0.05) is 11.8 Å². The molecule has 10 heteroatoms. The van der Waals surface area contributed by atoms with Crippen molar-refractivity contribution in [2.45, 2.75) is 11.4 Å². The summed E-state index contributed by atoms with van der Waals surface area (Å²) in [5, 5.41) is 17.1. The Hall–Kier alpha value is -2.72. The van der Waals surface area contributed by atoms with Crippen molar-refractivity contribution in [2.24, 2.45) is 5.14 Å². The second kappa shape index (κ2) is 5.58. The summed E-state index contributed by atoms with van der Waals surface area (Å²) in [7, 11) is -3.71. The van der Waals surface area contributed by atoms with Gasteiger partial charge in [-0.15, -0.1) is 10.2 Å². The van der Waals surface area contributed by atoms with Gasteiger partial charge in [0.2, 0.25) is 15.8 Å². The zero-order valence-corrected chi connectivity index (χ0v) is 12.1. The van der Waals surface area contributed by atoms with Crippen LogP contribution in [0.25, 0.3) is 11.4 Å². The molecule has 0 aliphatic heterocycles. The molecule has 2 N–H and O–H groups in total. The van der Waals surface area contributed by atoms with E-state index >= 15 is 0 Å². The van der Waals surface area contributed by atoms with Crippen LogP contribution in [0.2, 0.25) is 0 Å². The highest BCUT2D eigenvalue weighted by Gasteiger charge is 2.10. The van der Waals surface area contributed by atoms with Crippen molar-refractivity contribution < 1.29 is 8.42 Å². The zero-order chi connectivity index (χ0) is 15.6. The Morgan fingerprint density at radius 3 is 2.55 bits per heavy atom. The van der Waals surface area contributed by atoms with Gasteiger partial charge in [0.15, 0.2) is 0 Å². The molecule has 0 atom stereocenters. The number of nitrogens with zero attached hydrogens (tertiary/aromatic N) is 6. The molecule has 0 bridgehead atoms. The van der Waals surface area contributed by atoms with Crippen molar-refractivity contribution in [1.82, 2.24) is 30.2 Å². The third kappa shape index (κ3) is 3.13. The average Bonchev–Trinajstić information content (AvgIpc) is 2.96. The van der Waals surface area contributed by atoms with E-state index < -0.39 is 10.0 Å². The highest BCUT2D eigenvalue weighted by Crippen LogP contribution is 2.16. The molecular formula is C12H11N7O2S. The molecule has 0 saturated heterocycles. The van der Waals surface area contributed by atoms with Crippen molar-refractivity contribution >= 4 is 10.0 Å². The minimum atomic E-state index is -3.71. The Labute approximate surface area is 125 Å². The molecule has 0 saturated carbocycles. The molecule has 2 aromatic heterocycles. The van der Waals surface area contributed by atoms with E-state index in [0.29, 0.717) is 17.9 Å². The highest BCUT2D eigenvalue weighted by molar-refractivity contribution is 7.89. The molecule has 1 aromatic carbocycles. The van der Waals surface area contributed by atoms with Gasteiger partial charge >= 0.3 is 0 Å². The summed E-state index contributed by atoms with van der Waals surface area (Å²) >= 11 is 0. The summed E-state index contributed by atoms with van der Waals surface area (Å²) in [6.07, 6.45) is 3.07. The Morgan fingerprint density at radius 2 is 1.91 bits per heavy atom. The molecule has 9 nitrogen and oxygen atoms in total. The minimum absolute atomic E-state index is 0.0321. The Kier molecular flexibility index (Phi) is 3.61. The van der Waals surface area contributed by atoms with E-state index in [9.17, 15) is 8.42 Å². The summed E-state index contributed by atoms with van der Waals surface area (Å²) in [5.41, 5.74) is 1.39. The lowest BCUT2D eigenvalue weighted by atomic mass is 10.2. The molecule has 2 heterocycles. The average molecular weight is 317 g/mol. The maximum absolute atomic E-state index is 11.2. The van der Waals surface area contributed by atoms with E-state index in [1.165, 1.54) is 23.3 Å². The van der Waals surface area contributed by atoms with E-state index in [1.807, 2.05) is 0 Å². The van der Waals surface area contributed by atoms with Crippen LogP contribution in [0.5, 0.6) is 0 Å². The first-order valence-electron chi connectivity index (χ1n) is 6.18. The normalized spacial score (nSPS) is 11.5. The molecule has 0 radical (unpaired) electrons. The van der Waals surface area contributed by atoms with Crippen molar-refractivity contribution in [2.75, 3.05) is 0 Å². The lowest BCUT2D eigenvalue weighted by molar-refractivity contribution is 0.563. The molecular weight excluding hydrogens is 306 g/mol. The van der Waals surface area contributed by atoms with Crippen molar-refractivity contribution in [3.63, 3.8) is 0 Å². The van der Waals surface area contributed by atoms with Crippen LogP contribution in [0.4, 0.5) is 0 Å². The van der Waals surface area contributed by atoms with Gasteiger partial charge in [0.1, 0.15) is 12.9 Å². The fourth-order valence-electron chi connectivity index (χ4n) is 1.78. The van der Waals surface area contributed by atoms with E-state index in [1.54, 1.807) is 24.4 Å². The zero-order valence-electron chi connectivity index (χ0n) is 11.2. The van der Waals surface area contributed by atoms with Crippen LogP contribution in [0.15, 0.2) is 47.8 Å². The number of hydrogen-bond acceptors (Lipinski definition) is 7. The number of sulfonamides is 1. The molecule has 0 amide bonds. The van der Waals surface area contributed by atoms with Crippen LogP contribution < -0.4 is 5.14 Å². The van der Waals surface area contributed by atoms with E-state index in [4.69, 9.17) is 5.14 Å². The molecule has 0 spiro atoms. The van der Waals surface area contributed by atoms with Crippen molar-refractivity contribution in [3.05, 3.63) is 48.5 Å². The first-order chi connectivity index (χ1) is 10.5. The number of tetrazole rings is 1. The number of hydrogen-bond donors (Lipinski definition) is 1. The summed E-state index contributed by atoms with van der Waals surface area (Å²) in [6.45, 7) is 0.366. The molecule has 0 aliphatic carbocycles. The van der Waals surface area contributed by atoms with Crippen molar-refractivity contribution in [1.29, 1.82) is 0 Å². The lowest BCUT2D eigenvalue weighted by Gasteiger charge is -1.99. The van der Waals surface area contributed by atoms with E-state index in [0.717, 1.165) is 5.69 Å². The second-order valence-corrected chi connectivity index (χ2v) is 5.97. The van der Waals surface area contributed by atoms with E-state index in [-0.39, 0.29) is 4.90 Å². The summed E-state index contributed by atoms with van der Waals surface area (Å²) in [4.78, 5) is 9.33. The fourth-order valence-corrected chi connectivity index (χ4v) is 2.29. The monoisotopic (exact) mass is 317 g/mol. The predicted octanol–water partition coefficient (Wildman–Crippen LogP) is -0.174. The van der Waals surface area contributed by atoms with Crippen LogP contribution in [0.3, 0.4) is 0 Å². The number of benzene rings is 1. The third-order valence-electron chi connectivity index (χ3n) is 2.84. The molecule has 0 unspecified atom stereocenters. The van der Waals surface area contributed by atoms with Gasteiger partial charge in [-0.3, -0.25) is 0 Å². The minimum Gasteiger partial charge on any atom is -0.245 e. The van der Waals surface area contributed by atoms with Gasteiger partial charge in [-0.2, -0.15) is 4.80 Å². The summed E-state index contributed by atoms with van der Waals surface area (Å²) < 4.78 is 22.4. The van der Waals surface area contributed by atoms with Crippen LogP contribution in [-0.4, -0.2) is 38.6 Å². The van der Waals surface area contributed by atoms with Crippen LogP contribution in [0, 0.1) is 0 Å². The van der Waals surface area contributed by atoms with Gasteiger partial charge in [-0.1, -0.05) is 0 Å². The Morgan fingerprint density at radius 1 is 1.14 bits per heavy atom. The van der Waals surface area contributed by atoms with Crippen LogP contribution in [-0.2, 0) is 16.6 Å². The Bertz CT molecular complexity index is 875.